The Bertz CT molecular complexity index is 799. The molecule has 0 fully saturated rings. The van der Waals surface area contributed by atoms with Gasteiger partial charge in [-0.3, -0.25) is 4.79 Å². The van der Waals surface area contributed by atoms with Crippen molar-refractivity contribution in [1.29, 1.82) is 0 Å². The molecule has 6 nitrogen and oxygen atoms in total. The number of ether oxygens (including phenoxy) is 1. The van der Waals surface area contributed by atoms with Gasteiger partial charge in [-0.2, -0.15) is 11.3 Å². The van der Waals surface area contributed by atoms with Crippen LogP contribution in [0.15, 0.2) is 39.9 Å². The molecule has 0 atom stereocenters. The van der Waals surface area contributed by atoms with Crippen LogP contribution in [0.1, 0.15) is 12.5 Å². The highest BCUT2D eigenvalue weighted by Gasteiger charge is 2.23. The van der Waals surface area contributed by atoms with E-state index in [0.29, 0.717) is 12.3 Å². The fourth-order valence-corrected chi connectivity index (χ4v) is 3.76. The Hall–Kier alpha value is -1.90. The van der Waals surface area contributed by atoms with Gasteiger partial charge in [0.1, 0.15) is 10.6 Å². The Balaban J connectivity index is 2.27. The van der Waals surface area contributed by atoms with E-state index in [4.69, 9.17) is 4.74 Å². The summed E-state index contributed by atoms with van der Waals surface area (Å²) in [5, 5.41) is 6.53. The normalized spacial score (nSPS) is 11.5. The lowest BCUT2D eigenvalue weighted by molar-refractivity contribution is -0.115. The third kappa shape index (κ3) is 4.34. The van der Waals surface area contributed by atoms with E-state index in [1.807, 2.05) is 16.8 Å². The van der Waals surface area contributed by atoms with E-state index in [2.05, 4.69) is 5.32 Å². The van der Waals surface area contributed by atoms with E-state index < -0.39 is 10.0 Å². The van der Waals surface area contributed by atoms with Crippen molar-refractivity contribution in [2.45, 2.75) is 18.2 Å². The fraction of sp³-hybridized carbons (Fsp3) is 0.312. The maximum atomic E-state index is 12.5. The van der Waals surface area contributed by atoms with Gasteiger partial charge < -0.3 is 10.1 Å². The molecule has 0 aliphatic rings. The molecule has 1 heterocycles. The van der Waals surface area contributed by atoms with Gasteiger partial charge in [0.2, 0.25) is 15.9 Å². The minimum absolute atomic E-state index is 0.0303. The molecule has 0 saturated heterocycles. The van der Waals surface area contributed by atoms with E-state index in [1.54, 1.807) is 19.1 Å². The van der Waals surface area contributed by atoms with Gasteiger partial charge in [0.25, 0.3) is 0 Å². The van der Waals surface area contributed by atoms with Crippen molar-refractivity contribution in [1.82, 2.24) is 4.31 Å². The predicted octanol–water partition coefficient (Wildman–Crippen LogP) is 2.58. The van der Waals surface area contributed by atoms with Crippen LogP contribution in [-0.2, 0) is 21.2 Å². The molecule has 0 bridgehead atoms. The summed E-state index contributed by atoms with van der Waals surface area (Å²) >= 11 is 1.52. The molecule has 2 aromatic rings. The van der Waals surface area contributed by atoms with Crippen molar-refractivity contribution in [3.8, 4) is 5.75 Å². The summed E-state index contributed by atoms with van der Waals surface area (Å²) in [6, 6.07) is 6.49. The highest BCUT2D eigenvalue weighted by atomic mass is 32.2. The maximum absolute atomic E-state index is 12.5. The standard InChI is InChI=1S/C16H20N2O4S2/c1-4-22-14-6-5-13(10-15(14)24(20,21)18(2)3)17-16(19)9-12-7-8-23-11-12/h5-8,10-11H,4,9H2,1-3H3,(H,17,19). The zero-order valence-corrected chi connectivity index (χ0v) is 15.4. The van der Waals surface area contributed by atoms with Crippen LogP contribution < -0.4 is 10.1 Å². The monoisotopic (exact) mass is 368 g/mol. The van der Waals surface area contributed by atoms with Crippen molar-refractivity contribution in [2.24, 2.45) is 0 Å². The molecule has 8 heteroatoms. The fourth-order valence-electron chi connectivity index (χ4n) is 2.04. The highest BCUT2D eigenvalue weighted by Crippen LogP contribution is 2.29. The Morgan fingerprint density at radius 3 is 2.62 bits per heavy atom. The third-order valence-electron chi connectivity index (χ3n) is 3.23. The number of sulfonamides is 1. The number of hydrogen-bond acceptors (Lipinski definition) is 5. The van der Waals surface area contributed by atoms with E-state index in [-0.39, 0.29) is 23.0 Å². The molecule has 0 spiro atoms. The summed E-state index contributed by atoms with van der Waals surface area (Å²) in [5.74, 6) is 0.0628. The Morgan fingerprint density at radius 1 is 1.29 bits per heavy atom. The SMILES string of the molecule is CCOc1ccc(NC(=O)Cc2ccsc2)cc1S(=O)(=O)N(C)C. The van der Waals surface area contributed by atoms with Gasteiger partial charge in [0, 0.05) is 19.8 Å². The number of carbonyl (C=O) groups is 1. The number of rotatable bonds is 7. The number of hydrogen-bond donors (Lipinski definition) is 1. The Morgan fingerprint density at radius 2 is 2.04 bits per heavy atom. The molecule has 0 aliphatic heterocycles. The van der Waals surface area contributed by atoms with Crippen molar-refractivity contribution < 1.29 is 17.9 Å². The third-order valence-corrected chi connectivity index (χ3v) is 5.80. The van der Waals surface area contributed by atoms with Crippen LogP contribution in [0.2, 0.25) is 0 Å². The van der Waals surface area contributed by atoms with Gasteiger partial charge in [0.15, 0.2) is 0 Å². The minimum atomic E-state index is -3.68. The summed E-state index contributed by atoms with van der Waals surface area (Å²) in [5.41, 5.74) is 1.34. The molecule has 0 radical (unpaired) electrons. The van der Waals surface area contributed by atoms with Crippen molar-refractivity contribution in [3.05, 3.63) is 40.6 Å². The lowest BCUT2D eigenvalue weighted by Gasteiger charge is -2.16. The molecular formula is C16H20N2O4S2. The number of anilines is 1. The first-order chi connectivity index (χ1) is 11.3. The van der Waals surface area contributed by atoms with Crippen LogP contribution in [-0.4, -0.2) is 39.3 Å². The zero-order valence-electron chi connectivity index (χ0n) is 13.8. The average Bonchev–Trinajstić information content (AvgIpc) is 3.01. The van der Waals surface area contributed by atoms with Crippen molar-refractivity contribution in [2.75, 3.05) is 26.0 Å². The van der Waals surface area contributed by atoms with E-state index in [0.717, 1.165) is 9.87 Å². The van der Waals surface area contributed by atoms with Gasteiger partial charge in [-0.15, -0.1) is 0 Å². The van der Waals surface area contributed by atoms with Crippen molar-refractivity contribution in [3.63, 3.8) is 0 Å². The molecule has 1 aromatic carbocycles. The first-order valence-corrected chi connectivity index (χ1v) is 9.73. The van der Waals surface area contributed by atoms with Crippen LogP contribution in [0.3, 0.4) is 0 Å². The van der Waals surface area contributed by atoms with E-state index >= 15 is 0 Å². The molecule has 0 saturated carbocycles. The average molecular weight is 368 g/mol. The largest absolute Gasteiger partial charge is 0.492 e. The second-order valence-corrected chi connectivity index (χ2v) is 8.14. The first kappa shape index (κ1) is 18.4. The number of carbonyl (C=O) groups excluding carboxylic acids is 1. The van der Waals surface area contributed by atoms with Crippen LogP contribution in [0.4, 0.5) is 5.69 Å². The molecule has 1 N–H and O–H groups in total. The summed E-state index contributed by atoms with van der Waals surface area (Å²) in [4.78, 5) is 12.1. The molecule has 24 heavy (non-hydrogen) atoms. The second kappa shape index (κ2) is 7.78. The smallest absolute Gasteiger partial charge is 0.246 e. The van der Waals surface area contributed by atoms with Crippen LogP contribution in [0.25, 0.3) is 0 Å². The lowest BCUT2D eigenvalue weighted by atomic mass is 10.2. The van der Waals surface area contributed by atoms with Gasteiger partial charge in [-0.1, -0.05) is 0 Å². The molecule has 2 rings (SSSR count). The summed E-state index contributed by atoms with van der Waals surface area (Å²) < 4.78 is 31.4. The number of nitrogens with one attached hydrogen (secondary N) is 1. The zero-order chi connectivity index (χ0) is 17.7. The van der Waals surface area contributed by atoms with Gasteiger partial charge >= 0.3 is 0 Å². The molecule has 130 valence electrons. The number of amides is 1. The molecule has 1 aromatic heterocycles. The van der Waals surface area contributed by atoms with Crippen LogP contribution >= 0.6 is 11.3 Å². The number of benzene rings is 1. The minimum Gasteiger partial charge on any atom is -0.492 e. The van der Waals surface area contributed by atoms with Crippen molar-refractivity contribution >= 4 is 33.0 Å². The van der Waals surface area contributed by atoms with Crippen LogP contribution in [0, 0.1) is 0 Å². The van der Waals surface area contributed by atoms with E-state index in [9.17, 15) is 13.2 Å². The quantitative estimate of drug-likeness (QED) is 0.815. The first-order valence-electron chi connectivity index (χ1n) is 7.35. The summed E-state index contributed by atoms with van der Waals surface area (Å²) in [6.07, 6.45) is 0.243. The van der Waals surface area contributed by atoms with Crippen LogP contribution in [0.5, 0.6) is 5.75 Å². The topological polar surface area (TPSA) is 75.7 Å². The number of thiophene rings is 1. The van der Waals surface area contributed by atoms with E-state index in [1.165, 1.54) is 31.5 Å². The molecule has 0 aliphatic carbocycles. The maximum Gasteiger partial charge on any atom is 0.246 e. The Labute approximate surface area is 146 Å². The molecule has 0 unspecified atom stereocenters. The molecular weight excluding hydrogens is 348 g/mol. The predicted molar refractivity (Wildman–Crippen MR) is 95.1 cm³/mol. The number of nitrogens with zero attached hydrogens (tertiary/aromatic N) is 1. The summed E-state index contributed by atoms with van der Waals surface area (Å²) in [6.45, 7) is 2.13. The highest BCUT2D eigenvalue weighted by molar-refractivity contribution is 7.89. The summed E-state index contributed by atoms with van der Waals surface area (Å²) in [7, 11) is -0.777. The van der Waals surface area contributed by atoms with Gasteiger partial charge in [0.05, 0.1) is 13.0 Å². The lowest BCUT2D eigenvalue weighted by Crippen LogP contribution is -2.23. The Kier molecular flexibility index (Phi) is 5.98. The second-order valence-electron chi connectivity index (χ2n) is 5.24. The van der Waals surface area contributed by atoms with Gasteiger partial charge in [-0.25, -0.2) is 12.7 Å². The molecule has 1 amide bonds. The van der Waals surface area contributed by atoms with Gasteiger partial charge in [-0.05, 0) is 47.5 Å².